The van der Waals surface area contributed by atoms with Gasteiger partial charge in [-0.25, -0.2) is 0 Å². The lowest BCUT2D eigenvalue weighted by atomic mass is 10.00. The second-order valence-electron chi connectivity index (χ2n) is 5.72. The number of nitrogens with one attached hydrogen (secondary N) is 2. The van der Waals surface area contributed by atoms with E-state index in [4.69, 9.17) is 23.2 Å². The zero-order valence-electron chi connectivity index (χ0n) is 12.5. The van der Waals surface area contributed by atoms with E-state index >= 15 is 0 Å². The van der Waals surface area contributed by atoms with Gasteiger partial charge in [-0.15, -0.1) is 0 Å². The highest BCUT2D eigenvalue weighted by Crippen LogP contribution is 2.29. The van der Waals surface area contributed by atoms with Gasteiger partial charge in [0.25, 0.3) is 0 Å². The van der Waals surface area contributed by atoms with Crippen molar-refractivity contribution in [2.24, 2.45) is 0 Å². The van der Waals surface area contributed by atoms with Crippen molar-refractivity contribution in [3.8, 4) is 6.07 Å². The van der Waals surface area contributed by atoms with Gasteiger partial charge in [-0.05, 0) is 50.3 Å². The van der Waals surface area contributed by atoms with Gasteiger partial charge in [0.1, 0.15) is 5.54 Å². The molecule has 1 saturated carbocycles. The second-order valence-corrected chi connectivity index (χ2v) is 6.56. The number of amides is 1. The van der Waals surface area contributed by atoms with Crippen LogP contribution in [0.3, 0.4) is 0 Å². The Morgan fingerprint density at radius 3 is 2.68 bits per heavy atom. The van der Waals surface area contributed by atoms with Crippen molar-refractivity contribution in [1.29, 1.82) is 5.26 Å². The molecule has 1 amide bonds. The lowest BCUT2D eigenvalue weighted by Gasteiger charge is -2.23. The summed E-state index contributed by atoms with van der Waals surface area (Å²) in [5, 5.41) is 16.4. The third-order valence-corrected chi connectivity index (χ3v) is 4.61. The van der Waals surface area contributed by atoms with Crippen LogP contribution in [-0.2, 0) is 4.79 Å². The highest BCUT2D eigenvalue weighted by atomic mass is 35.5. The summed E-state index contributed by atoms with van der Waals surface area (Å²) in [6.07, 6.45) is 3.43. The fraction of sp³-hybridized carbons (Fsp3) is 0.500. The van der Waals surface area contributed by atoms with E-state index < -0.39 is 5.54 Å². The number of hydrogen-bond acceptors (Lipinski definition) is 3. The molecule has 0 aromatic heterocycles. The molecule has 118 valence electrons. The predicted octanol–water partition coefficient (Wildman–Crippen LogP) is 3.60. The van der Waals surface area contributed by atoms with Crippen molar-refractivity contribution in [3.63, 3.8) is 0 Å². The van der Waals surface area contributed by atoms with Gasteiger partial charge >= 0.3 is 0 Å². The van der Waals surface area contributed by atoms with Crippen LogP contribution in [0.4, 0.5) is 0 Å². The smallest absolute Gasteiger partial charge is 0.235 e. The number of nitrogens with zero attached hydrogens (tertiary/aromatic N) is 1. The molecule has 1 fully saturated rings. The zero-order chi connectivity index (χ0) is 16.2. The van der Waals surface area contributed by atoms with Crippen LogP contribution < -0.4 is 10.6 Å². The Kier molecular flexibility index (Phi) is 5.69. The summed E-state index contributed by atoms with van der Waals surface area (Å²) in [7, 11) is 0. The Morgan fingerprint density at radius 1 is 1.41 bits per heavy atom. The minimum Gasteiger partial charge on any atom is -0.337 e. The van der Waals surface area contributed by atoms with Crippen LogP contribution in [0.5, 0.6) is 0 Å². The summed E-state index contributed by atoms with van der Waals surface area (Å²) < 4.78 is 0. The molecule has 1 atom stereocenters. The van der Waals surface area contributed by atoms with E-state index in [1.54, 1.807) is 12.1 Å². The van der Waals surface area contributed by atoms with E-state index in [2.05, 4.69) is 16.7 Å². The second kappa shape index (κ2) is 7.32. The molecular formula is C16H19Cl2N3O. The van der Waals surface area contributed by atoms with Crippen molar-refractivity contribution in [2.75, 3.05) is 6.54 Å². The third kappa shape index (κ3) is 4.13. The SMILES string of the molecule is C[C@@H](NCC(=O)NC1(C#N)CCCC1)c1ccc(Cl)cc1Cl. The third-order valence-electron chi connectivity index (χ3n) is 4.05. The van der Waals surface area contributed by atoms with E-state index in [1.165, 1.54) is 0 Å². The molecule has 6 heteroatoms. The Labute approximate surface area is 140 Å². The molecule has 0 aliphatic heterocycles. The molecule has 1 aliphatic rings. The minimum atomic E-state index is -0.681. The molecule has 1 aliphatic carbocycles. The number of rotatable bonds is 5. The molecule has 1 aromatic rings. The first-order valence-electron chi connectivity index (χ1n) is 7.36. The zero-order valence-corrected chi connectivity index (χ0v) is 14.0. The molecular weight excluding hydrogens is 321 g/mol. The largest absolute Gasteiger partial charge is 0.337 e. The summed E-state index contributed by atoms with van der Waals surface area (Å²) >= 11 is 12.0. The van der Waals surface area contributed by atoms with Crippen molar-refractivity contribution in [2.45, 2.75) is 44.2 Å². The molecule has 1 aromatic carbocycles. The Morgan fingerprint density at radius 2 is 2.09 bits per heavy atom. The van der Waals surface area contributed by atoms with Crippen LogP contribution >= 0.6 is 23.2 Å². The first kappa shape index (κ1) is 17.1. The maximum atomic E-state index is 12.1. The molecule has 0 unspecified atom stereocenters. The minimum absolute atomic E-state index is 0.0860. The molecule has 2 N–H and O–H groups in total. The van der Waals surface area contributed by atoms with Gasteiger partial charge < -0.3 is 10.6 Å². The quantitative estimate of drug-likeness (QED) is 0.861. The van der Waals surface area contributed by atoms with Gasteiger partial charge in [0.2, 0.25) is 5.91 Å². The number of nitriles is 1. The first-order valence-corrected chi connectivity index (χ1v) is 8.12. The first-order chi connectivity index (χ1) is 10.5. The number of carbonyl (C=O) groups excluding carboxylic acids is 1. The Balaban J connectivity index is 1.89. The van der Waals surface area contributed by atoms with Crippen LogP contribution in [0, 0.1) is 11.3 Å². The van der Waals surface area contributed by atoms with Gasteiger partial charge in [-0.1, -0.05) is 29.3 Å². The Hall–Kier alpha value is -1.28. The maximum absolute atomic E-state index is 12.1. The van der Waals surface area contributed by atoms with Crippen LogP contribution in [0.1, 0.15) is 44.2 Å². The average Bonchev–Trinajstić information content (AvgIpc) is 2.94. The van der Waals surface area contributed by atoms with E-state index in [0.717, 1.165) is 31.2 Å². The lowest BCUT2D eigenvalue weighted by Crippen LogP contribution is -2.48. The fourth-order valence-corrected chi connectivity index (χ4v) is 3.33. The van der Waals surface area contributed by atoms with Crippen molar-refractivity contribution in [3.05, 3.63) is 33.8 Å². The standard InChI is InChI=1S/C16H19Cl2N3O/c1-11(13-5-4-12(17)8-14(13)18)20-9-15(22)21-16(10-19)6-2-3-7-16/h4-5,8,11,20H,2-3,6-7,9H2,1H3,(H,21,22)/t11-/m1/s1. The molecule has 0 radical (unpaired) electrons. The number of halogens is 2. The summed E-state index contributed by atoms with van der Waals surface area (Å²) in [4.78, 5) is 12.1. The summed E-state index contributed by atoms with van der Waals surface area (Å²) in [5.41, 5.74) is 0.203. The molecule has 0 bridgehead atoms. The predicted molar refractivity (Wildman–Crippen MR) is 87.8 cm³/mol. The number of carbonyl (C=O) groups is 1. The summed E-state index contributed by atoms with van der Waals surface area (Å²) in [6, 6.07) is 7.45. The highest BCUT2D eigenvalue weighted by Gasteiger charge is 2.35. The van der Waals surface area contributed by atoms with Gasteiger partial charge in [0, 0.05) is 16.1 Å². The van der Waals surface area contributed by atoms with Crippen molar-refractivity contribution in [1.82, 2.24) is 10.6 Å². The fourth-order valence-electron chi connectivity index (χ4n) is 2.76. The van der Waals surface area contributed by atoms with E-state index in [1.807, 2.05) is 13.0 Å². The topological polar surface area (TPSA) is 64.9 Å². The lowest BCUT2D eigenvalue weighted by molar-refractivity contribution is -0.121. The highest BCUT2D eigenvalue weighted by molar-refractivity contribution is 6.35. The van der Waals surface area contributed by atoms with Gasteiger partial charge in [-0.3, -0.25) is 4.79 Å². The van der Waals surface area contributed by atoms with Crippen LogP contribution in [0.15, 0.2) is 18.2 Å². The van der Waals surface area contributed by atoms with E-state index in [0.29, 0.717) is 10.0 Å². The molecule has 0 saturated heterocycles. The summed E-state index contributed by atoms with van der Waals surface area (Å²) in [5.74, 6) is -0.166. The van der Waals surface area contributed by atoms with Gasteiger partial charge in [0.15, 0.2) is 0 Å². The molecule has 2 rings (SSSR count). The molecule has 0 spiro atoms. The maximum Gasteiger partial charge on any atom is 0.235 e. The van der Waals surface area contributed by atoms with Crippen LogP contribution in [-0.4, -0.2) is 18.0 Å². The van der Waals surface area contributed by atoms with Gasteiger partial charge in [0.05, 0.1) is 12.6 Å². The van der Waals surface area contributed by atoms with Crippen molar-refractivity contribution >= 4 is 29.1 Å². The average molecular weight is 340 g/mol. The van der Waals surface area contributed by atoms with E-state index in [9.17, 15) is 10.1 Å². The normalized spacial score (nSPS) is 17.7. The van der Waals surface area contributed by atoms with Crippen molar-refractivity contribution < 1.29 is 4.79 Å². The van der Waals surface area contributed by atoms with Gasteiger partial charge in [-0.2, -0.15) is 5.26 Å². The van der Waals surface area contributed by atoms with Crippen LogP contribution in [0.2, 0.25) is 10.0 Å². The summed E-state index contributed by atoms with van der Waals surface area (Å²) in [6.45, 7) is 2.07. The molecule has 22 heavy (non-hydrogen) atoms. The monoisotopic (exact) mass is 339 g/mol. The Bertz CT molecular complexity index is 592. The van der Waals surface area contributed by atoms with E-state index in [-0.39, 0.29) is 18.5 Å². The van der Waals surface area contributed by atoms with Crippen LogP contribution in [0.25, 0.3) is 0 Å². The molecule has 0 heterocycles. The number of hydrogen-bond donors (Lipinski definition) is 2. The number of benzene rings is 1. The molecule has 4 nitrogen and oxygen atoms in total.